The number of hydrogen-bond donors (Lipinski definition) is 1. The highest BCUT2D eigenvalue weighted by atomic mass is 32.1. The van der Waals surface area contributed by atoms with Crippen LogP contribution >= 0.6 is 11.3 Å². The Labute approximate surface area is 161 Å². The van der Waals surface area contributed by atoms with Crippen LogP contribution in [0.1, 0.15) is 0 Å². The molecule has 0 atom stereocenters. The van der Waals surface area contributed by atoms with Crippen LogP contribution in [0.2, 0.25) is 0 Å². The molecule has 3 heterocycles. The van der Waals surface area contributed by atoms with Gasteiger partial charge >= 0.3 is 0 Å². The number of rotatable bonds is 1. The Morgan fingerprint density at radius 3 is 2.07 bits per heavy atom. The molecular weight excluding hydrogens is 368 g/mol. The van der Waals surface area contributed by atoms with Gasteiger partial charge in [-0.3, -0.25) is 0 Å². The number of aromatic nitrogens is 2. The fourth-order valence-corrected chi connectivity index (χ4v) is 3.41. The van der Waals surface area contributed by atoms with Crippen LogP contribution < -0.4 is 9.47 Å². The summed E-state index contributed by atoms with van der Waals surface area (Å²) in [5.41, 5.74) is 1.74. The van der Waals surface area contributed by atoms with Gasteiger partial charge < -0.3 is 28.7 Å². The van der Waals surface area contributed by atoms with Crippen LogP contribution in [0.3, 0.4) is 0 Å². The molecule has 144 valence electrons. The van der Waals surface area contributed by atoms with Gasteiger partial charge in [0.05, 0.1) is 55.6 Å². The molecule has 3 aromatic rings. The van der Waals surface area contributed by atoms with Crippen molar-refractivity contribution >= 4 is 22.4 Å². The number of hydrogen-bond acceptors (Lipinski definition) is 7. The van der Waals surface area contributed by atoms with Gasteiger partial charge in [0, 0.05) is 12.1 Å². The van der Waals surface area contributed by atoms with E-state index in [4.69, 9.17) is 23.7 Å². The third-order valence-electron chi connectivity index (χ3n) is 4.02. The molecule has 0 bridgehead atoms. The first-order valence-electron chi connectivity index (χ1n) is 8.96. The van der Waals surface area contributed by atoms with E-state index >= 15 is 0 Å². The topological polar surface area (TPSA) is 74.8 Å². The second-order valence-corrected chi connectivity index (χ2v) is 6.86. The smallest absolute Gasteiger partial charge is 0.163 e. The zero-order valence-corrected chi connectivity index (χ0v) is 15.8. The maximum Gasteiger partial charge on any atom is 0.163 e. The lowest BCUT2D eigenvalue weighted by Crippen LogP contribution is -2.13. The number of nitrogens with zero attached hydrogens (tertiary/aromatic N) is 1. The summed E-state index contributed by atoms with van der Waals surface area (Å²) in [6, 6.07) is 7.88. The first kappa shape index (κ1) is 18.2. The number of aromatic amines is 1. The normalized spacial score (nSPS) is 17.3. The van der Waals surface area contributed by atoms with Crippen molar-refractivity contribution in [2.75, 3.05) is 52.9 Å². The van der Waals surface area contributed by atoms with Crippen molar-refractivity contribution in [2.24, 2.45) is 0 Å². The summed E-state index contributed by atoms with van der Waals surface area (Å²) in [5.74, 6) is 2.16. The van der Waals surface area contributed by atoms with Crippen LogP contribution in [-0.2, 0) is 14.2 Å². The summed E-state index contributed by atoms with van der Waals surface area (Å²) >= 11 is 1.65. The second kappa shape index (κ2) is 9.18. The Kier molecular flexibility index (Phi) is 6.21. The monoisotopic (exact) mass is 390 g/mol. The minimum Gasteiger partial charge on any atom is -0.487 e. The van der Waals surface area contributed by atoms with Crippen molar-refractivity contribution < 1.29 is 23.7 Å². The van der Waals surface area contributed by atoms with E-state index in [-0.39, 0.29) is 0 Å². The third-order valence-corrected chi connectivity index (χ3v) is 4.89. The van der Waals surface area contributed by atoms with Crippen molar-refractivity contribution in [1.82, 2.24) is 9.97 Å². The molecule has 0 unspecified atom stereocenters. The van der Waals surface area contributed by atoms with Gasteiger partial charge in [0.2, 0.25) is 0 Å². The van der Waals surface area contributed by atoms with E-state index in [0.717, 1.165) is 21.7 Å². The van der Waals surface area contributed by atoms with Crippen LogP contribution in [0.25, 0.3) is 21.7 Å². The first-order valence-corrected chi connectivity index (χ1v) is 9.84. The van der Waals surface area contributed by atoms with Crippen molar-refractivity contribution in [3.8, 4) is 22.2 Å². The largest absolute Gasteiger partial charge is 0.487 e. The molecule has 0 amide bonds. The molecule has 0 radical (unpaired) electrons. The van der Waals surface area contributed by atoms with Gasteiger partial charge in [-0.05, 0) is 11.4 Å². The molecule has 1 aromatic carbocycles. The molecule has 1 aliphatic heterocycles. The molecule has 0 spiro atoms. The standard InChI is InChI=1S/C19H22N2O5S/c1-2-18(27-11-1)19-20-14-12-16-17(13-15(14)21-19)26-10-8-24-6-4-22-3-5-23-7-9-25-16/h1-2,11-13H,3-10H2,(H,20,21). The summed E-state index contributed by atoms with van der Waals surface area (Å²) in [4.78, 5) is 9.12. The Morgan fingerprint density at radius 2 is 1.44 bits per heavy atom. The maximum atomic E-state index is 5.89. The second-order valence-electron chi connectivity index (χ2n) is 5.91. The lowest BCUT2D eigenvalue weighted by atomic mass is 10.2. The number of imidazole rings is 1. The number of nitrogens with one attached hydrogen (secondary N) is 1. The highest BCUT2D eigenvalue weighted by Crippen LogP contribution is 2.34. The number of H-pyrrole nitrogens is 1. The molecule has 1 aliphatic rings. The fourth-order valence-electron chi connectivity index (χ4n) is 2.74. The molecule has 4 rings (SSSR count). The average molecular weight is 390 g/mol. The van der Waals surface area contributed by atoms with Gasteiger partial charge in [0.1, 0.15) is 19.0 Å². The van der Waals surface area contributed by atoms with Crippen LogP contribution in [0.15, 0.2) is 29.6 Å². The van der Waals surface area contributed by atoms with Crippen LogP contribution in [0, 0.1) is 0 Å². The average Bonchev–Trinajstić information content (AvgIpc) is 3.33. The molecule has 0 saturated heterocycles. The van der Waals surface area contributed by atoms with E-state index in [0.29, 0.717) is 64.4 Å². The van der Waals surface area contributed by atoms with Crippen LogP contribution in [-0.4, -0.2) is 62.8 Å². The Hall–Kier alpha value is -2.13. The van der Waals surface area contributed by atoms with Gasteiger partial charge in [-0.2, -0.15) is 0 Å². The van der Waals surface area contributed by atoms with Gasteiger partial charge in [-0.25, -0.2) is 4.98 Å². The zero-order chi connectivity index (χ0) is 18.3. The zero-order valence-electron chi connectivity index (χ0n) is 14.9. The van der Waals surface area contributed by atoms with E-state index in [9.17, 15) is 0 Å². The van der Waals surface area contributed by atoms with Crippen molar-refractivity contribution in [3.05, 3.63) is 29.6 Å². The van der Waals surface area contributed by atoms with Gasteiger partial charge in [0.15, 0.2) is 11.5 Å². The first-order chi connectivity index (χ1) is 13.4. The third kappa shape index (κ3) is 4.78. The molecular formula is C19H22N2O5S. The van der Waals surface area contributed by atoms with Crippen molar-refractivity contribution in [2.45, 2.75) is 0 Å². The summed E-state index contributed by atoms with van der Waals surface area (Å²) < 4.78 is 28.2. The predicted molar refractivity (Wildman–Crippen MR) is 103 cm³/mol. The molecule has 27 heavy (non-hydrogen) atoms. The minimum absolute atomic E-state index is 0.431. The number of ether oxygens (including phenoxy) is 5. The van der Waals surface area contributed by atoms with E-state index in [1.165, 1.54) is 0 Å². The summed E-state index contributed by atoms with van der Waals surface area (Å²) in [6.45, 7) is 4.02. The van der Waals surface area contributed by atoms with Gasteiger partial charge in [-0.1, -0.05) is 6.07 Å². The van der Waals surface area contributed by atoms with E-state index < -0.39 is 0 Å². The van der Waals surface area contributed by atoms with Gasteiger partial charge in [0.25, 0.3) is 0 Å². The Bertz CT molecular complexity index is 798. The number of thiophene rings is 1. The van der Waals surface area contributed by atoms with Crippen molar-refractivity contribution in [3.63, 3.8) is 0 Å². The fraction of sp³-hybridized carbons (Fsp3) is 0.421. The minimum atomic E-state index is 0.431. The van der Waals surface area contributed by atoms with E-state index in [2.05, 4.69) is 9.97 Å². The highest BCUT2D eigenvalue weighted by molar-refractivity contribution is 7.13. The molecule has 2 aromatic heterocycles. The molecule has 7 nitrogen and oxygen atoms in total. The molecule has 0 fully saturated rings. The van der Waals surface area contributed by atoms with Gasteiger partial charge in [-0.15, -0.1) is 11.3 Å². The molecule has 1 N–H and O–H groups in total. The Balaban J connectivity index is 1.56. The highest BCUT2D eigenvalue weighted by Gasteiger charge is 2.13. The lowest BCUT2D eigenvalue weighted by Gasteiger charge is -2.13. The summed E-state index contributed by atoms with van der Waals surface area (Å²) in [5, 5.41) is 2.03. The maximum absolute atomic E-state index is 5.89. The molecule has 8 heteroatoms. The number of fused-ring (bicyclic) bond motifs is 2. The van der Waals surface area contributed by atoms with E-state index in [1.54, 1.807) is 11.3 Å². The van der Waals surface area contributed by atoms with Crippen LogP contribution in [0.5, 0.6) is 11.5 Å². The SMILES string of the molecule is c1csc(-c2nc3cc4c(cc3[nH]2)OCCOCCOCCOCCO4)c1. The molecule has 0 saturated carbocycles. The number of benzene rings is 1. The quantitative estimate of drug-likeness (QED) is 0.688. The lowest BCUT2D eigenvalue weighted by molar-refractivity contribution is 0.00708. The Morgan fingerprint density at radius 1 is 0.815 bits per heavy atom. The summed E-state index contributed by atoms with van der Waals surface area (Å²) in [7, 11) is 0. The predicted octanol–water partition coefficient (Wildman–Crippen LogP) is 3.11. The summed E-state index contributed by atoms with van der Waals surface area (Å²) in [6.07, 6.45) is 0. The van der Waals surface area contributed by atoms with Crippen molar-refractivity contribution in [1.29, 1.82) is 0 Å². The van der Waals surface area contributed by atoms with E-state index in [1.807, 2.05) is 29.6 Å². The van der Waals surface area contributed by atoms with Crippen LogP contribution in [0.4, 0.5) is 0 Å². The molecule has 0 aliphatic carbocycles.